The van der Waals surface area contributed by atoms with Crippen LogP contribution in [0.25, 0.3) is 0 Å². The lowest BCUT2D eigenvalue weighted by Crippen LogP contribution is -2.48. The second-order valence-electron chi connectivity index (χ2n) is 6.55. The van der Waals surface area contributed by atoms with E-state index in [1.807, 2.05) is 30.3 Å². The maximum atomic E-state index is 12.2. The van der Waals surface area contributed by atoms with E-state index in [-0.39, 0.29) is 23.3 Å². The largest absolute Gasteiger partial charge is 0.494 e. The molecule has 0 spiro atoms. The van der Waals surface area contributed by atoms with Crippen LogP contribution in [0.4, 0.5) is 0 Å². The minimum atomic E-state index is -0.362. The number of benzene rings is 2. The third-order valence-corrected chi connectivity index (χ3v) is 4.34. The lowest BCUT2D eigenvalue weighted by atomic mass is 10.1. The van der Waals surface area contributed by atoms with E-state index in [9.17, 15) is 9.59 Å². The zero-order valence-electron chi connectivity index (χ0n) is 16.6. The second-order valence-corrected chi connectivity index (χ2v) is 6.96. The first-order valence-electron chi connectivity index (χ1n) is 9.75. The average Bonchev–Trinajstić information content (AvgIpc) is 2.73. The molecule has 29 heavy (non-hydrogen) atoms. The fourth-order valence-electron chi connectivity index (χ4n) is 2.59. The van der Waals surface area contributed by atoms with Gasteiger partial charge in [-0.3, -0.25) is 20.4 Å². The molecule has 0 atom stereocenters. The Balaban J connectivity index is 1.69. The van der Waals surface area contributed by atoms with Crippen LogP contribution in [0.1, 0.15) is 48.5 Å². The van der Waals surface area contributed by atoms with Crippen molar-refractivity contribution in [2.75, 3.05) is 6.61 Å². The minimum absolute atomic E-state index is 0.0336. The maximum Gasteiger partial charge on any atom is 0.269 e. The van der Waals surface area contributed by atoms with Crippen molar-refractivity contribution in [1.29, 1.82) is 0 Å². The number of carbonyl (C=O) groups excluding carboxylic acids is 2. The summed E-state index contributed by atoms with van der Waals surface area (Å²) in [5, 5.41) is 2.56. The highest BCUT2D eigenvalue weighted by atomic mass is 32.1. The number of hydrogen-bond donors (Lipinski definition) is 3. The van der Waals surface area contributed by atoms with E-state index in [1.54, 1.807) is 24.3 Å². The Bertz CT molecular complexity index is 795. The fraction of sp³-hybridized carbons (Fsp3) is 0.318. The van der Waals surface area contributed by atoms with Crippen molar-refractivity contribution in [3.05, 3.63) is 65.7 Å². The number of nitrogens with one attached hydrogen (secondary N) is 3. The van der Waals surface area contributed by atoms with Crippen molar-refractivity contribution >= 4 is 29.1 Å². The van der Waals surface area contributed by atoms with Gasteiger partial charge in [0.1, 0.15) is 5.75 Å². The minimum Gasteiger partial charge on any atom is -0.494 e. The number of hydrogen-bond acceptors (Lipinski definition) is 4. The summed E-state index contributed by atoms with van der Waals surface area (Å²) in [7, 11) is 0. The highest BCUT2D eigenvalue weighted by molar-refractivity contribution is 7.80. The Morgan fingerprint density at radius 2 is 1.66 bits per heavy atom. The van der Waals surface area contributed by atoms with Crippen LogP contribution in [0, 0.1) is 0 Å². The SMILES string of the molecule is CCCCCCOc1ccc(C(=O)NNC(=S)NC(=O)Cc2ccccc2)cc1. The summed E-state index contributed by atoms with van der Waals surface area (Å²) in [6, 6.07) is 16.2. The van der Waals surface area contributed by atoms with E-state index in [0.717, 1.165) is 24.2 Å². The molecule has 0 heterocycles. The van der Waals surface area contributed by atoms with Crippen molar-refractivity contribution in [1.82, 2.24) is 16.2 Å². The monoisotopic (exact) mass is 413 g/mol. The molecule has 2 amide bonds. The van der Waals surface area contributed by atoms with Crippen LogP contribution in [0.3, 0.4) is 0 Å². The topological polar surface area (TPSA) is 79.5 Å². The highest BCUT2D eigenvalue weighted by Crippen LogP contribution is 2.13. The van der Waals surface area contributed by atoms with Gasteiger partial charge < -0.3 is 10.1 Å². The molecule has 3 N–H and O–H groups in total. The zero-order valence-corrected chi connectivity index (χ0v) is 17.4. The highest BCUT2D eigenvalue weighted by Gasteiger charge is 2.09. The first-order chi connectivity index (χ1) is 14.1. The number of hydrazine groups is 1. The molecule has 0 aliphatic carbocycles. The van der Waals surface area contributed by atoms with Crippen molar-refractivity contribution in [2.45, 2.75) is 39.0 Å². The second kappa shape index (κ2) is 12.5. The van der Waals surface area contributed by atoms with E-state index in [2.05, 4.69) is 23.1 Å². The van der Waals surface area contributed by atoms with Crippen LogP contribution in [0.15, 0.2) is 54.6 Å². The first kappa shape index (κ1) is 22.4. The van der Waals surface area contributed by atoms with Crippen LogP contribution in [-0.4, -0.2) is 23.5 Å². The Morgan fingerprint density at radius 1 is 0.931 bits per heavy atom. The van der Waals surface area contributed by atoms with Crippen molar-refractivity contribution in [3.8, 4) is 5.75 Å². The molecule has 0 saturated carbocycles. The number of thiocarbonyl (C=S) groups is 1. The van der Waals surface area contributed by atoms with Crippen molar-refractivity contribution in [2.24, 2.45) is 0 Å². The Kier molecular flexibility index (Phi) is 9.65. The van der Waals surface area contributed by atoms with Gasteiger partial charge in [0.05, 0.1) is 13.0 Å². The van der Waals surface area contributed by atoms with Gasteiger partial charge in [0.25, 0.3) is 5.91 Å². The summed E-state index contributed by atoms with van der Waals surface area (Å²) in [4.78, 5) is 24.1. The lowest BCUT2D eigenvalue weighted by Gasteiger charge is -2.11. The summed E-state index contributed by atoms with van der Waals surface area (Å²) in [6.45, 7) is 2.84. The van der Waals surface area contributed by atoms with Gasteiger partial charge >= 0.3 is 0 Å². The molecule has 2 aromatic carbocycles. The third kappa shape index (κ3) is 8.74. The standard InChI is InChI=1S/C22H27N3O3S/c1-2-3-4-8-15-28-19-13-11-18(12-14-19)21(27)24-25-22(29)23-20(26)16-17-9-6-5-7-10-17/h5-7,9-14H,2-4,8,15-16H2,1H3,(H,24,27)(H2,23,25,26,29). The summed E-state index contributed by atoms with van der Waals surface area (Å²) in [5.41, 5.74) is 6.33. The number of ether oxygens (including phenoxy) is 1. The molecule has 0 radical (unpaired) electrons. The fourth-order valence-corrected chi connectivity index (χ4v) is 2.76. The van der Waals surface area contributed by atoms with Crippen LogP contribution < -0.4 is 20.9 Å². The van der Waals surface area contributed by atoms with Gasteiger partial charge in [-0.05, 0) is 48.5 Å². The molecule has 7 heteroatoms. The first-order valence-corrected chi connectivity index (χ1v) is 10.2. The molecule has 154 valence electrons. The van der Waals surface area contributed by atoms with Crippen LogP contribution in [0.2, 0.25) is 0 Å². The van der Waals surface area contributed by atoms with E-state index in [1.165, 1.54) is 12.8 Å². The van der Waals surface area contributed by atoms with E-state index < -0.39 is 0 Å². The predicted octanol–water partition coefficient (Wildman–Crippen LogP) is 3.52. The Morgan fingerprint density at radius 3 is 2.34 bits per heavy atom. The van der Waals surface area contributed by atoms with Gasteiger partial charge in [0.15, 0.2) is 5.11 Å². The van der Waals surface area contributed by atoms with Gasteiger partial charge in [-0.2, -0.15) is 0 Å². The molecule has 0 aliphatic heterocycles. The molecule has 6 nitrogen and oxygen atoms in total. The van der Waals surface area contributed by atoms with Crippen molar-refractivity contribution < 1.29 is 14.3 Å². The Hall–Kier alpha value is -2.93. The van der Waals surface area contributed by atoms with Gasteiger partial charge in [0, 0.05) is 5.56 Å². The number of rotatable bonds is 9. The van der Waals surface area contributed by atoms with Crippen LogP contribution in [-0.2, 0) is 11.2 Å². The molecule has 0 aliphatic rings. The molecule has 0 aromatic heterocycles. The molecule has 0 unspecified atom stereocenters. The normalized spacial score (nSPS) is 10.1. The molecule has 0 fully saturated rings. The van der Waals surface area contributed by atoms with Crippen LogP contribution >= 0.6 is 12.2 Å². The summed E-state index contributed by atoms with van der Waals surface area (Å²) < 4.78 is 5.66. The van der Waals surface area contributed by atoms with Gasteiger partial charge in [-0.25, -0.2) is 0 Å². The van der Waals surface area contributed by atoms with Crippen molar-refractivity contribution in [3.63, 3.8) is 0 Å². The van der Waals surface area contributed by atoms with E-state index in [4.69, 9.17) is 17.0 Å². The predicted molar refractivity (Wildman–Crippen MR) is 118 cm³/mol. The van der Waals surface area contributed by atoms with Gasteiger partial charge in [0.2, 0.25) is 5.91 Å². The zero-order chi connectivity index (χ0) is 20.9. The van der Waals surface area contributed by atoms with Gasteiger partial charge in [-0.1, -0.05) is 56.5 Å². The third-order valence-electron chi connectivity index (χ3n) is 4.13. The molecular formula is C22H27N3O3S. The van der Waals surface area contributed by atoms with E-state index in [0.29, 0.717) is 12.2 Å². The molecular weight excluding hydrogens is 386 g/mol. The van der Waals surface area contributed by atoms with Crippen LogP contribution in [0.5, 0.6) is 5.75 Å². The summed E-state index contributed by atoms with van der Waals surface area (Å²) in [5.74, 6) is 0.109. The quantitative estimate of drug-likeness (QED) is 0.333. The van der Waals surface area contributed by atoms with Gasteiger partial charge in [-0.15, -0.1) is 0 Å². The molecule has 0 saturated heterocycles. The summed E-state index contributed by atoms with van der Waals surface area (Å²) >= 11 is 5.04. The number of amides is 2. The number of carbonyl (C=O) groups is 2. The molecule has 2 rings (SSSR count). The molecule has 0 bridgehead atoms. The maximum absolute atomic E-state index is 12.2. The molecule has 2 aromatic rings. The van der Waals surface area contributed by atoms with E-state index >= 15 is 0 Å². The smallest absolute Gasteiger partial charge is 0.269 e. The lowest BCUT2D eigenvalue weighted by molar-refractivity contribution is -0.119. The average molecular weight is 414 g/mol. The number of unbranched alkanes of at least 4 members (excludes halogenated alkanes) is 3. The Labute approximate surface area is 177 Å². The summed E-state index contributed by atoms with van der Waals surface area (Å²) in [6.07, 6.45) is 4.79.